The number of hydrogen-bond donors (Lipinski definition) is 2. The molecule has 2 aliphatic heterocycles. The van der Waals surface area contributed by atoms with Crippen molar-refractivity contribution in [3.8, 4) is 0 Å². The van der Waals surface area contributed by atoms with Crippen LogP contribution in [-0.4, -0.2) is 12.6 Å². The van der Waals surface area contributed by atoms with E-state index in [4.69, 9.17) is 10.5 Å². The first-order valence-electron chi connectivity index (χ1n) is 8.34. The van der Waals surface area contributed by atoms with Crippen LogP contribution in [0.2, 0.25) is 0 Å². The van der Waals surface area contributed by atoms with E-state index in [1.54, 1.807) is 0 Å². The maximum atomic E-state index is 6.20. The van der Waals surface area contributed by atoms with Gasteiger partial charge in [0, 0.05) is 41.4 Å². The third kappa shape index (κ3) is 2.34. The highest BCUT2D eigenvalue weighted by Gasteiger charge is 2.41. The number of anilines is 1. The van der Waals surface area contributed by atoms with Gasteiger partial charge in [0.1, 0.15) is 0 Å². The number of rotatable bonds is 1. The molecule has 3 N–H and O–H groups in total. The summed E-state index contributed by atoms with van der Waals surface area (Å²) in [5.74, 6) is 0.984. The Kier molecular flexibility index (Phi) is 3.45. The van der Waals surface area contributed by atoms with Crippen LogP contribution in [0, 0.1) is 18.8 Å². The Labute approximate surface area is 132 Å². The van der Waals surface area contributed by atoms with Gasteiger partial charge in [0.05, 0.1) is 6.10 Å². The largest absolute Gasteiger partial charge is 0.402 e. The van der Waals surface area contributed by atoms with Crippen LogP contribution in [0.3, 0.4) is 0 Å². The van der Waals surface area contributed by atoms with Gasteiger partial charge in [-0.05, 0) is 38.3 Å². The number of allylic oxidation sites excluding steroid dienone is 3. The number of ether oxygens (including phenoxy) is 1. The zero-order chi connectivity index (χ0) is 15.1. The molecule has 0 radical (unpaired) electrons. The second-order valence-corrected chi connectivity index (χ2v) is 6.85. The van der Waals surface area contributed by atoms with Crippen LogP contribution < -0.4 is 11.1 Å². The van der Waals surface area contributed by atoms with Crippen molar-refractivity contribution in [3.05, 3.63) is 53.3 Å². The average molecular weight is 296 g/mol. The third-order valence-corrected chi connectivity index (χ3v) is 5.27. The van der Waals surface area contributed by atoms with E-state index in [0.717, 1.165) is 25.1 Å². The summed E-state index contributed by atoms with van der Waals surface area (Å²) < 4.78 is 6.20. The van der Waals surface area contributed by atoms with Crippen molar-refractivity contribution in [2.45, 2.75) is 38.3 Å². The number of aryl methyl sites for hydroxylation is 1. The molecule has 4 atom stereocenters. The Balaban J connectivity index is 1.70. The topological polar surface area (TPSA) is 47.3 Å². The molecule has 1 fully saturated rings. The summed E-state index contributed by atoms with van der Waals surface area (Å²) in [6.45, 7) is 3.03. The van der Waals surface area contributed by atoms with E-state index in [1.165, 1.54) is 23.2 Å². The molecule has 116 valence electrons. The van der Waals surface area contributed by atoms with Crippen LogP contribution in [0.5, 0.6) is 0 Å². The Hall–Kier alpha value is -1.74. The van der Waals surface area contributed by atoms with E-state index < -0.39 is 0 Å². The number of fused-ring (bicyclic) bond motifs is 3. The third-order valence-electron chi connectivity index (χ3n) is 5.27. The molecule has 22 heavy (non-hydrogen) atoms. The summed E-state index contributed by atoms with van der Waals surface area (Å²) in [4.78, 5) is 0. The van der Waals surface area contributed by atoms with E-state index >= 15 is 0 Å². The van der Waals surface area contributed by atoms with Crippen LogP contribution in [-0.2, 0) is 4.74 Å². The van der Waals surface area contributed by atoms with Gasteiger partial charge in [-0.3, -0.25) is 0 Å². The average Bonchev–Trinajstić information content (AvgIpc) is 2.54. The minimum Gasteiger partial charge on any atom is -0.402 e. The molecule has 4 rings (SSSR count). The Bertz CT molecular complexity index is 634. The van der Waals surface area contributed by atoms with Gasteiger partial charge in [0.15, 0.2) is 0 Å². The van der Waals surface area contributed by atoms with Crippen molar-refractivity contribution < 1.29 is 4.74 Å². The number of nitrogens with one attached hydrogen (secondary N) is 1. The summed E-state index contributed by atoms with van der Waals surface area (Å²) in [5, 5.41) is 3.80. The fraction of sp³-hybridized carbons (Fsp3) is 0.474. The number of hydrogen-bond acceptors (Lipinski definition) is 3. The first-order valence-corrected chi connectivity index (χ1v) is 8.34. The first-order chi connectivity index (χ1) is 10.7. The van der Waals surface area contributed by atoms with Gasteiger partial charge in [-0.2, -0.15) is 0 Å². The smallest absolute Gasteiger partial charge is 0.0892 e. The summed E-state index contributed by atoms with van der Waals surface area (Å²) >= 11 is 0. The lowest BCUT2D eigenvalue weighted by atomic mass is 9.73. The fourth-order valence-electron chi connectivity index (χ4n) is 4.23. The lowest BCUT2D eigenvalue weighted by molar-refractivity contribution is -0.0419. The molecule has 0 bridgehead atoms. The Morgan fingerprint density at radius 2 is 2.23 bits per heavy atom. The zero-order valence-electron chi connectivity index (χ0n) is 13.1. The molecule has 3 nitrogen and oxygen atoms in total. The van der Waals surface area contributed by atoms with Crippen molar-refractivity contribution in [2.24, 2.45) is 17.6 Å². The Morgan fingerprint density at radius 1 is 1.32 bits per heavy atom. The molecule has 1 aromatic rings. The molecule has 2 heterocycles. The molecule has 0 saturated carbocycles. The van der Waals surface area contributed by atoms with E-state index in [1.807, 2.05) is 6.08 Å². The SMILES string of the molecule is Cc1ccc2c(c1)[C@H]1OCCC[C@H]1[C@H](C1C=CC=C(N)C1)N2. The van der Waals surface area contributed by atoms with Gasteiger partial charge in [-0.1, -0.05) is 29.8 Å². The van der Waals surface area contributed by atoms with Crippen molar-refractivity contribution in [2.75, 3.05) is 11.9 Å². The van der Waals surface area contributed by atoms with Crippen LogP contribution >= 0.6 is 0 Å². The van der Waals surface area contributed by atoms with Gasteiger partial charge in [0.2, 0.25) is 0 Å². The van der Waals surface area contributed by atoms with Crippen LogP contribution in [0.4, 0.5) is 5.69 Å². The van der Waals surface area contributed by atoms with E-state index in [-0.39, 0.29) is 6.10 Å². The molecule has 0 spiro atoms. The second-order valence-electron chi connectivity index (χ2n) is 6.85. The van der Waals surface area contributed by atoms with Crippen molar-refractivity contribution in [1.29, 1.82) is 0 Å². The van der Waals surface area contributed by atoms with Crippen LogP contribution in [0.25, 0.3) is 0 Å². The second kappa shape index (κ2) is 5.47. The van der Waals surface area contributed by atoms with E-state index in [9.17, 15) is 0 Å². The molecule has 1 saturated heterocycles. The molecular weight excluding hydrogens is 272 g/mol. The highest BCUT2D eigenvalue weighted by Crippen LogP contribution is 2.46. The maximum Gasteiger partial charge on any atom is 0.0892 e. The normalized spacial score (nSPS) is 33.4. The van der Waals surface area contributed by atoms with Crippen LogP contribution in [0.1, 0.15) is 36.5 Å². The molecule has 0 aromatic heterocycles. The minimum atomic E-state index is 0.232. The lowest BCUT2D eigenvalue weighted by Crippen LogP contribution is -2.45. The molecule has 3 heteroatoms. The minimum absolute atomic E-state index is 0.232. The van der Waals surface area contributed by atoms with Gasteiger partial charge < -0.3 is 15.8 Å². The molecule has 1 aliphatic carbocycles. The predicted molar refractivity (Wildman–Crippen MR) is 89.5 cm³/mol. The lowest BCUT2D eigenvalue weighted by Gasteiger charge is -2.46. The summed E-state index contributed by atoms with van der Waals surface area (Å²) in [6, 6.07) is 7.07. The number of nitrogens with two attached hydrogens (primary N) is 1. The fourth-order valence-corrected chi connectivity index (χ4v) is 4.23. The van der Waals surface area contributed by atoms with E-state index in [0.29, 0.717) is 17.9 Å². The van der Waals surface area contributed by atoms with Gasteiger partial charge in [0.25, 0.3) is 0 Å². The monoisotopic (exact) mass is 296 g/mol. The Morgan fingerprint density at radius 3 is 3.09 bits per heavy atom. The summed E-state index contributed by atoms with van der Waals surface area (Å²) in [5.41, 5.74) is 10.9. The highest BCUT2D eigenvalue weighted by molar-refractivity contribution is 5.57. The van der Waals surface area contributed by atoms with Crippen molar-refractivity contribution in [3.63, 3.8) is 0 Å². The summed E-state index contributed by atoms with van der Waals surface area (Å²) in [7, 11) is 0. The molecule has 1 unspecified atom stereocenters. The predicted octanol–water partition coefficient (Wildman–Crippen LogP) is 3.68. The quantitative estimate of drug-likeness (QED) is 0.831. The van der Waals surface area contributed by atoms with Gasteiger partial charge >= 0.3 is 0 Å². The molecule has 1 aromatic carbocycles. The van der Waals surface area contributed by atoms with Crippen molar-refractivity contribution >= 4 is 5.69 Å². The van der Waals surface area contributed by atoms with Crippen molar-refractivity contribution in [1.82, 2.24) is 0 Å². The first kappa shape index (κ1) is 13.9. The summed E-state index contributed by atoms with van der Waals surface area (Å²) in [6.07, 6.45) is 9.99. The molecule has 0 amide bonds. The zero-order valence-corrected chi connectivity index (χ0v) is 13.1. The van der Waals surface area contributed by atoms with Gasteiger partial charge in [-0.15, -0.1) is 0 Å². The van der Waals surface area contributed by atoms with Crippen LogP contribution in [0.15, 0.2) is 42.1 Å². The standard InChI is InChI=1S/C19H24N2O/c1-12-7-8-17-16(10-12)19-15(6-3-9-22-19)18(21-17)13-4-2-5-14(20)11-13/h2,4-5,7-8,10,13,15,18-19,21H,3,6,9,11,20H2,1H3/t13?,15-,18-,19-/m0/s1. The number of benzene rings is 1. The maximum absolute atomic E-state index is 6.20. The van der Waals surface area contributed by atoms with E-state index in [2.05, 4.69) is 42.6 Å². The molecule has 3 aliphatic rings. The molecular formula is C19H24N2O. The highest BCUT2D eigenvalue weighted by atomic mass is 16.5. The van der Waals surface area contributed by atoms with Gasteiger partial charge in [-0.25, -0.2) is 0 Å².